The van der Waals surface area contributed by atoms with Gasteiger partial charge in [0.25, 0.3) is 0 Å². The Morgan fingerprint density at radius 2 is 2.09 bits per heavy atom. The molecule has 0 aromatic rings. The van der Waals surface area contributed by atoms with Crippen molar-refractivity contribution in [2.24, 2.45) is 5.92 Å². The van der Waals surface area contributed by atoms with Gasteiger partial charge in [0.05, 0.1) is 6.54 Å². The minimum atomic E-state index is -0.151. The molecule has 0 saturated heterocycles. The molecule has 3 heteroatoms. The van der Waals surface area contributed by atoms with Gasteiger partial charge in [-0.25, -0.2) is 0 Å². The van der Waals surface area contributed by atoms with E-state index in [2.05, 4.69) is 5.32 Å². The molecular formula is C8H17NO2. The molecule has 0 spiro atoms. The highest BCUT2D eigenvalue weighted by molar-refractivity contribution is 5.86. The zero-order valence-corrected chi connectivity index (χ0v) is 7.31. The highest BCUT2D eigenvalue weighted by Gasteiger charge is 2.09. The van der Waals surface area contributed by atoms with E-state index >= 15 is 0 Å². The van der Waals surface area contributed by atoms with Crippen LogP contribution in [0.4, 0.5) is 0 Å². The topological polar surface area (TPSA) is 46.2 Å². The van der Waals surface area contributed by atoms with Crippen LogP contribution < -0.4 is 5.32 Å². The second-order valence-electron chi connectivity index (χ2n) is 2.69. The minimum Gasteiger partial charge on any atom is -0.349 e. The standard InChI is InChI=1S/C8H15NO2.H2/c1-4-6(2)8(11)5-9-7(3)10;/h6H,4-5H2,1-3H3,(H,9,10);1H. The van der Waals surface area contributed by atoms with Gasteiger partial charge in [-0.15, -0.1) is 0 Å². The Hall–Kier alpha value is -0.860. The summed E-state index contributed by atoms with van der Waals surface area (Å²) in [5.41, 5.74) is 0. The number of Topliss-reactive ketones (excluding diaryl/α,β-unsaturated/α-hetero) is 1. The Balaban J connectivity index is 0. The molecule has 0 heterocycles. The molecule has 1 amide bonds. The molecule has 0 saturated carbocycles. The summed E-state index contributed by atoms with van der Waals surface area (Å²) in [5, 5.41) is 2.47. The number of hydrogen-bond donors (Lipinski definition) is 1. The molecule has 0 aliphatic heterocycles. The molecule has 0 radical (unpaired) electrons. The Morgan fingerprint density at radius 3 is 2.45 bits per heavy atom. The largest absolute Gasteiger partial charge is 0.349 e. The molecule has 11 heavy (non-hydrogen) atoms. The Bertz CT molecular complexity index is 159. The van der Waals surface area contributed by atoms with E-state index in [0.717, 1.165) is 6.42 Å². The zero-order chi connectivity index (χ0) is 8.85. The lowest BCUT2D eigenvalue weighted by Gasteiger charge is -2.06. The molecule has 0 rings (SSSR count). The van der Waals surface area contributed by atoms with Crippen LogP contribution in [0.2, 0.25) is 0 Å². The minimum absolute atomic E-state index is 0. The fourth-order valence-corrected chi connectivity index (χ4v) is 0.613. The first-order valence-electron chi connectivity index (χ1n) is 3.85. The summed E-state index contributed by atoms with van der Waals surface area (Å²) in [4.78, 5) is 21.5. The van der Waals surface area contributed by atoms with Crippen molar-refractivity contribution >= 4 is 11.7 Å². The van der Waals surface area contributed by atoms with Gasteiger partial charge in [-0.1, -0.05) is 13.8 Å². The number of rotatable bonds is 4. The van der Waals surface area contributed by atoms with Crippen molar-refractivity contribution in [3.8, 4) is 0 Å². The number of nitrogens with one attached hydrogen (secondary N) is 1. The number of ketones is 1. The van der Waals surface area contributed by atoms with Crippen molar-refractivity contribution < 1.29 is 11.0 Å². The first-order valence-corrected chi connectivity index (χ1v) is 3.85. The number of amides is 1. The van der Waals surface area contributed by atoms with Gasteiger partial charge in [0.2, 0.25) is 5.91 Å². The van der Waals surface area contributed by atoms with Gasteiger partial charge in [-0.3, -0.25) is 9.59 Å². The highest BCUT2D eigenvalue weighted by atomic mass is 16.2. The van der Waals surface area contributed by atoms with E-state index in [1.165, 1.54) is 6.92 Å². The van der Waals surface area contributed by atoms with E-state index < -0.39 is 0 Å². The average molecular weight is 159 g/mol. The molecule has 1 unspecified atom stereocenters. The summed E-state index contributed by atoms with van der Waals surface area (Å²) in [6, 6.07) is 0. The van der Waals surface area contributed by atoms with Crippen molar-refractivity contribution in [3.05, 3.63) is 0 Å². The van der Waals surface area contributed by atoms with Crippen molar-refractivity contribution in [2.45, 2.75) is 27.2 Å². The van der Waals surface area contributed by atoms with E-state index in [9.17, 15) is 9.59 Å². The molecule has 1 atom stereocenters. The number of carbonyl (C=O) groups excluding carboxylic acids is 2. The predicted octanol–water partition coefficient (Wildman–Crippen LogP) is 0.984. The van der Waals surface area contributed by atoms with Gasteiger partial charge < -0.3 is 5.32 Å². The maximum Gasteiger partial charge on any atom is 0.217 e. The fourth-order valence-electron chi connectivity index (χ4n) is 0.613. The quantitative estimate of drug-likeness (QED) is 0.664. The van der Waals surface area contributed by atoms with Crippen LogP contribution >= 0.6 is 0 Å². The smallest absolute Gasteiger partial charge is 0.217 e. The predicted molar refractivity (Wildman–Crippen MR) is 45.3 cm³/mol. The molecule has 0 bridgehead atoms. The van der Waals surface area contributed by atoms with Crippen LogP contribution in [0.3, 0.4) is 0 Å². The van der Waals surface area contributed by atoms with E-state index in [-0.39, 0.29) is 25.6 Å². The monoisotopic (exact) mass is 159 g/mol. The van der Waals surface area contributed by atoms with Crippen LogP contribution in [0.5, 0.6) is 0 Å². The Kier molecular flexibility index (Phi) is 4.50. The van der Waals surface area contributed by atoms with E-state index in [1.807, 2.05) is 13.8 Å². The van der Waals surface area contributed by atoms with Gasteiger partial charge in [-0.05, 0) is 6.42 Å². The van der Waals surface area contributed by atoms with Gasteiger partial charge in [0.1, 0.15) is 0 Å². The Labute approximate surface area is 68.7 Å². The van der Waals surface area contributed by atoms with E-state index in [4.69, 9.17) is 0 Å². The summed E-state index contributed by atoms with van der Waals surface area (Å²) in [6.45, 7) is 5.40. The van der Waals surface area contributed by atoms with E-state index in [1.54, 1.807) is 0 Å². The summed E-state index contributed by atoms with van der Waals surface area (Å²) < 4.78 is 0. The van der Waals surface area contributed by atoms with Crippen molar-refractivity contribution in [1.29, 1.82) is 0 Å². The lowest BCUT2D eigenvalue weighted by Crippen LogP contribution is -2.30. The van der Waals surface area contributed by atoms with Crippen LogP contribution in [0, 0.1) is 5.92 Å². The lowest BCUT2D eigenvalue weighted by molar-refractivity contribution is -0.125. The first kappa shape index (κ1) is 10.1. The first-order chi connectivity index (χ1) is 5.07. The molecule has 0 aliphatic rings. The van der Waals surface area contributed by atoms with Crippen LogP contribution in [-0.4, -0.2) is 18.2 Å². The molecule has 1 N–H and O–H groups in total. The van der Waals surface area contributed by atoms with E-state index in [0.29, 0.717) is 0 Å². The molecule has 0 aromatic heterocycles. The third-order valence-electron chi connectivity index (χ3n) is 1.67. The number of hydrogen-bond acceptors (Lipinski definition) is 2. The summed E-state index contributed by atoms with van der Waals surface area (Å²) in [5.74, 6) is 0.00574. The molecule has 0 fully saturated rings. The summed E-state index contributed by atoms with van der Waals surface area (Å²) in [6.07, 6.45) is 0.832. The van der Waals surface area contributed by atoms with Crippen LogP contribution in [0.25, 0.3) is 0 Å². The summed E-state index contributed by atoms with van der Waals surface area (Å²) >= 11 is 0. The maximum absolute atomic E-state index is 11.1. The lowest BCUT2D eigenvalue weighted by atomic mass is 10.0. The molecule has 3 nitrogen and oxygen atoms in total. The van der Waals surface area contributed by atoms with Crippen molar-refractivity contribution in [3.63, 3.8) is 0 Å². The average Bonchev–Trinajstić information content (AvgIpc) is 1.98. The number of carbonyl (C=O) groups is 2. The van der Waals surface area contributed by atoms with Gasteiger partial charge >= 0.3 is 0 Å². The second kappa shape index (κ2) is 4.88. The second-order valence-corrected chi connectivity index (χ2v) is 2.69. The zero-order valence-electron chi connectivity index (χ0n) is 7.31. The van der Waals surface area contributed by atoms with Gasteiger partial charge in [-0.2, -0.15) is 0 Å². The van der Waals surface area contributed by atoms with Crippen molar-refractivity contribution in [1.82, 2.24) is 5.32 Å². The molecule has 66 valence electrons. The van der Waals surface area contributed by atoms with Crippen LogP contribution in [0.15, 0.2) is 0 Å². The molecular weight excluding hydrogens is 142 g/mol. The van der Waals surface area contributed by atoms with Crippen LogP contribution in [-0.2, 0) is 9.59 Å². The van der Waals surface area contributed by atoms with Gasteiger partial charge in [0.15, 0.2) is 5.78 Å². The normalized spacial score (nSPS) is 12.3. The van der Waals surface area contributed by atoms with Gasteiger partial charge in [0, 0.05) is 14.3 Å². The Morgan fingerprint density at radius 1 is 1.55 bits per heavy atom. The highest BCUT2D eigenvalue weighted by Crippen LogP contribution is 2.00. The van der Waals surface area contributed by atoms with Crippen molar-refractivity contribution in [2.75, 3.05) is 6.54 Å². The third kappa shape index (κ3) is 4.53. The third-order valence-corrected chi connectivity index (χ3v) is 1.67. The summed E-state index contributed by atoms with van der Waals surface area (Å²) in [7, 11) is 0. The fraction of sp³-hybridized carbons (Fsp3) is 0.750. The molecule has 0 aromatic carbocycles. The van der Waals surface area contributed by atoms with Crippen LogP contribution in [0.1, 0.15) is 28.6 Å². The maximum atomic E-state index is 11.1. The molecule has 0 aliphatic carbocycles. The SMILES string of the molecule is CCC(C)C(=O)CNC(C)=O.[HH].